The molecule has 1 aromatic rings. The number of amides is 2. The van der Waals surface area contributed by atoms with Crippen molar-refractivity contribution < 1.29 is 18.0 Å². The number of benzene rings is 1. The lowest BCUT2D eigenvalue weighted by atomic mass is 10.0. The Morgan fingerprint density at radius 2 is 2.19 bits per heavy atom. The first kappa shape index (κ1) is 15.6. The zero-order valence-electron chi connectivity index (χ0n) is 11.7. The molecule has 21 heavy (non-hydrogen) atoms. The molecule has 0 spiro atoms. The van der Waals surface area contributed by atoms with Gasteiger partial charge in [0.1, 0.15) is 0 Å². The van der Waals surface area contributed by atoms with Crippen LogP contribution in [-0.4, -0.2) is 30.1 Å². The predicted molar refractivity (Wildman–Crippen MR) is 73.8 cm³/mol. The van der Waals surface area contributed by atoms with Crippen LogP contribution < -0.4 is 11.1 Å². The highest BCUT2D eigenvalue weighted by Crippen LogP contribution is 2.31. The molecule has 7 heteroatoms. The normalized spacial score (nSPS) is 22.4. The number of hydrogen-bond acceptors (Lipinski definition) is 2. The second kappa shape index (κ2) is 5.93. The Morgan fingerprint density at radius 1 is 1.48 bits per heavy atom. The summed E-state index contributed by atoms with van der Waals surface area (Å²) in [5.41, 5.74) is 5.00. The van der Waals surface area contributed by atoms with Crippen LogP contribution in [0.4, 0.5) is 23.7 Å². The monoisotopic (exact) mass is 301 g/mol. The molecule has 0 saturated carbocycles. The van der Waals surface area contributed by atoms with Gasteiger partial charge in [-0.2, -0.15) is 13.2 Å². The van der Waals surface area contributed by atoms with Gasteiger partial charge in [-0.15, -0.1) is 0 Å². The van der Waals surface area contributed by atoms with E-state index in [4.69, 9.17) is 5.73 Å². The zero-order chi connectivity index (χ0) is 15.6. The van der Waals surface area contributed by atoms with Crippen molar-refractivity contribution in [1.82, 2.24) is 4.90 Å². The van der Waals surface area contributed by atoms with Crippen LogP contribution in [0.15, 0.2) is 24.3 Å². The molecule has 2 amide bonds. The number of nitrogens with two attached hydrogens (primary N) is 1. The fourth-order valence-electron chi connectivity index (χ4n) is 2.59. The highest BCUT2D eigenvalue weighted by molar-refractivity contribution is 5.89. The van der Waals surface area contributed by atoms with E-state index in [9.17, 15) is 18.0 Å². The molecule has 2 atom stereocenters. The highest BCUT2D eigenvalue weighted by Gasteiger charge is 2.34. The lowest BCUT2D eigenvalue weighted by Crippen LogP contribution is -2.44. The Labute approximate surface area is 121 Å². The second-order valence-corrected chi connectivity index (χ2v) is 5.27. The molecule has 1 fully saturated rings. The Bertz CT molecular complexity index is 518. The fraction of sp³-hybridized carbons (Fsp3) is 0.500. The summed E-state index contributed by atoms with van der Waals surface area (Å²) in [7, 11) is 0. The molecule has 2 rings (SSSR count). The molecular formula is C14H18F3N3O. The van der Waals surface area contributed by atoms with Gasteiger partial charge >= 0.3 is 12.2 Å². The fourth-order valence-corrected chi connectivity index (χ4v) is 2.59. The van der Waals surface area contributed by atoms with Crippen molar-refractivity contribution in [3.05, 3.63) is 29.8 Å². The van der Waals surface area contributed by atoms with Gasteiger partial charge < -0.3 is 16.0 Å². The van der Waals surface area contributed by atoms with Gasteiger partial charge in [-0.3, -0.25) is 0 Å². The van der Waals surface area contributed by atoms with Crippen LogP contribution >= 0.6 is 0 Å². The van der Waals surface area contributed by atoms with Crippen molar-refractivity contribution >= 4 is 11.7 Å². The average Bonchev–Trinajstić information content (AvgIpc) is 2.79. The minimum absolute atomic E-state index is 0.0733. The van der Waals surface area contributed by atoms with Crippen LogP contribution in [0, 0.1) is 5.92 Å². The third-order valence-corrected chi connectivity index (χ3v) is 3.83. The lowest BCUT2D eigenvalue weighted by molar-refractivity contribution is -0.137. The van der Waals surface area contributed by atoms with Crippen molar-refractivity contribution in [3.63, 3.8) is 0 Å². The van der Waals surface area contributed by atoms with Crippen LogP contribution in [0.2, 0.25) is 0 Å². The van der Waals surface area contributed by atoms with Gasteiger partial charge in [0.05, 0.1) is 5.56 Å². The van der Waals surface area contributed by atoms with Gasteiger partial charge in [-0.1, -0.05) is 13.0 Å². The average molecular weight is 301 g/mol. The minimum atomic E-state index is -4.43. The number of nitrogens with zero attached hydrogens (tertiary/aromatic N) is 1. The lowest BCUT2D eigenvalue weighted by Gasteiger charge is -2.26. The van der Waals surface area contributed by atoms with E-state index >= 15 is 0 Å². The smallest absolute Gasteiger partial charge is 0.328 e. The number of carbonyl (C=O) groups is 1. The number of halogens is 3. The molecule has 4 nitrogen and oxygen atoms in total. The summed E-state index contributed by atoms with van der Waals surface area (Å²) in [5, 5.41) is 2.51. The first-order chi connectivity index (χ1) is 9.82. The van der Waals surface area contributed by atoms with Gasteiger partial charge in [-0.05, 0) is 30.5 Å². The van der Waals surface area contributed by atoms with Crippen LogP contribution in [0.3, 0.4) is 0 Å². The maximum atomic E-state index is 12.6. The van der Waals surface area contributed by atoms with E-state index in [-0.39, 0.29) is 11.7 Å². The Morgan fingerprint density at radius 3 is 2.81 bits per heavy atom. The summed E-state index contributed by atoms with van der Waals surface area (Å²) >= 11 is 0. The standard InChI is InChI=1S/C14H18F3N3O/c1-9-5-6-20(12(9)8-18)13(21)19-11-4-2-3-10(7-11)14(15,16)17/h2-4,7,9,12H,5-6,8,18H2,1H3,(H,19,21). The van der Waals surface area contributed by atoms with Gasteiger partial charge in [0.25, 0.3) is 0 Å². The molecule has 0 aromatic heterocycles. The highest BCUT2D eigenvalue weighted by atomic mass is 19.4. The molecule has 3 N–H and O–H groups in total. The van der Waals surface area contributed by atoms with E-state index in [0.717, 1.165) is 18.6 Å². The first-order valence-corrected chi connectivity index (χ1v) is 6.78. The number of anilines is 1. The molecule has 0 radical (unpaired) electrons. The summed E-state index contributed by atoms with van der Waals surface area (Å²) in [5.74, 6) is 0.294. The summed E-state index contributed by atoms with van der Waals surface area (Å²) in [4.78, 5) is 13.8. The van der Waals surface area contributed by atoms with E-state index in [2.05, 4.69) is 5.32 Å². The quantitative estimate of drug-likeness (QED) is 0.882. The molecule has 2 unspecified atom stereocenters. The van der Waals surface area contributed by atoms with Crippen LogP contribution in [0.1, 0.15) is 18.9 Å². The van der Waals surface area contributed by atoms with E-state index in [0.29, 0.717) is 19.0 Å². The van der Waals surface area contributed by atoms with E-state index < -0.39 is 17.8 Å². The van der Waals surface area contributed by atoms with E-state index in [1.807, 2.05) is 6.92 Å². The molecular weight excluding hydrogens is 283 g/mol. The number of hydrogen-bond donors (Lipinski definition) is 2. The van der Waals surface area contributed by atoms with Crippen LogP contribution in [-0.2, 0) is 6.18 Å². The van der Waals surface area contributed by atoms with Crippen molar-refractivity contribution in [1.29, 1.82) is 0 Å². The van der Waals surface area contributed by atoms with Gasteiger partial charge in [0.15, 0.2) is 0 Å². The molecule has 1 aromatic carbocycles. The van der Waals surface area contributed by atoms with E-state index in [1.54, 1.807) is 4.90 Å². The van der Waals surface area contributed by atoms with Crippen molar-refractivity contribution in [2.75, 3.05) is 18.4 Å². The SMILES string of the molecule is CC1CCN(C(=O)Nc2cccc(C(F)(F)F)c2)C1CN. The molecule has 1 aliphatic rings. The predicted octanol–water partition coefficient (Wildman–Crippen LogP) is 2.91. The van der Waals surface area contributed by atoms with Crippen LogP contribution in [0.25, 0.3) is 0 Å². The molecule has 1 aliphatic heterocycles. The van der Waals surface area contributed by atoms with Crippen molar-refractivity contribution in [2.45, 2.75) is 25.6 Å². The van der Waals surface area contributed by atoms with Crippen molar-refractivity contribution in [2.24, 2.45) is 11.7 Å². The molecule has 1 saturated heterocycles. The number of rotatable bonds is 2. The van der Waals surface area contributed by atoms with Gasteiger partial charge in [-0.25, -0.2) is 4.79 Å². The number of carbonyl (C=O) groups excluding carboxylic acids is 1. The van der Waals surface area contributed by atoms with Crippen molar-refractivity contribution in [3.8, 4) is 0 Å². The molecule has 0 bridgehead atoms. The number of urea groups is 1. The third kappa shape index (κ3) is 3.47. The molecule has 0 aliphatic carbocycles. The Kier molecular flexibility index (Phi) is 4.41. The van der Waals surface area contributed by atoms with Gasteiger partial charge in [0.2, 0.25) is 0 Å². The Balaban J connectivity index is 2.10. The third-order valence-electron chi connectivity index (χ3n) is 3.83. The molecule has 116 valence electrons. The van der Waals surface area contributed by atoms with E-state index in [1.165, 1.54) is 12.1 Å². The first-order valence-electron chi connectivity index (χ1n) is 6.78. The number of alkyl halides is 3. The minimum Gasteiger partial charge on any atom is -0.328 e. The maximum absolute atomic E-state index is 12.6. The summed E-state index contributed by atoms with van der Waals surface area (Å²) < 4.78 is 37.9. The number of likely N-dealkylation sites (tertiary alicyclic amines) is 1. The largest absolute Gasteiger partial charge is 0.416 e. The topological polar surface area (TPSA) is 58.4 Å². The zero-order valence-corrected chi connectivity index (χ0v) is 11.7. The van der Waals surface area contributed by atoms with Crippen LogP contribution in [0.5, 0.6) is 0 Å². The van der Waals surface area contributed by atoms with Gasteiger partial charge in [0, 0.05) is 24.8 Å². The number of nitrogens with one attached hydrogen (secondary N) is 1. The summed E-state index contributed by atoms with van der Waals surface area (Å²) in [6.07, 6.45) is -3.58. The maximum Gasteiger partial charge on any atom is 0.416 e. The summed E-state index contributed by atoms with van der Waals surface area (Å²) in [6.45, 7) is 2.92. The summed E-state index contributed by atoms with van der Waals surface area (Å²) in [6, 6.07) is 4.12. The molecule has 1 heterocycles. The second-order valence-electron chi connectivity index (χ2n) is 5.27. The Hall–Kier alpha value is -1.76.